The summed E-state index contributed by atoms with van der Waals surface area (Å²) in [6.45, 7) is 35.1. The van der Waals surface area contributed by atoms with Gasteiger partial charge in [-0.15, -0.1) is 0 Å². The van der Waals surface area contributed by atoms with Gasteiger partial charge in [0.1, 0.15) is 0 Å². The van der Waals surface area contributed by atoms with E-state index in [1.807, 2.05) is 26.2 Å². The minimum Gasteiger partial charge on any atom is -0.492 e. The van der Waals surface area contributed by atoms with Gasteiger partial charge in [0.25, 0.3) is 0 Å². The number of carbonyl (C=O) groups is 1. The van der Waals surface area contributed by atoms with Crippen molar-refractivity contribution in [2.75, 3.05) is 0 Å². The Bertz CT molecular complexity index is 693. The van der Waals surface area contributed by atoms with Crippen molar-refractivity contribution in [2.24, 2.45) is 11.8 Å². The number of hydrogen-bond donors (Lipinski definition) is 0. The standard InChI is InChI=1S/C22H54O7Si6/c1-17-22(23)24-35(18-20(2)3,19-21(4)5)29-34(15,16)28-33(13,14)27-32(11,12)26-31(9,10)25-30(6,7)8/h17,20-21H,1,18-19H2,2-16H3. The van der Waals surface area contributed by atoms with Crippen LogP contribution >= 0.6 is 0 Å². The lowest BCUT2D eigenvalue weighted by Gasteiger charge is -2.44. The van der Waals surface area contributed by atoms with Gasteiger partial charge in [0.15, 0.2) is 8.32 Å². The van der Waals surface area contributed by atoms with Crippen LogP contribution in [0, 0.1) is 11.8 Å². The van der Waals surface area contributed by atoms with E-state index in [-0.39, 0.29) is 0 Å². The van der Waals surface area contributed by atoms with Crippen LogP contribution in [0.3, 0.4) is 0 Å². The Morgan fingerprint density at radius 1 is 0.629 bits per heavy atom. The van der Waals surface area contributed by atoms with E-state index in [0.717, 1.165) is 0 Å². The van der Waals surface area contributed by atoms with Gasteiger partial charge < -0.3 is 25.0 Å². The fourth-order valence-electron chi connectivity index (χ4n) is 4.78. The van der Waals surface area contributed by atoms with E-state index in [4.69, 9.17) is 25.0 Å². The third-order valence-electron chi connectivity index (χ3n) is 4.35. The molecule has 0 N–H and O–H groups in total. The maximum absolute atomic E-state index is 12.3. The summed E-state index contributed by atoms with van der Waals surface area (Å²) in [5.74, 6) is 0.220. The van der Waals surface area contributed by atoms with E-state index in [0.29, 0.717) is 23.9 Å². The second-order valence-electron chi connectivity index (χ2n) is 13.0. The molecule has 0 radical (unpaired) electrons. The van der Waals surface area contributed by atoms with Crippen LogP contribution < -0.4 is 0 Å². The predicted octanol–water partition coefficient (Wildman–Crippen LogP) is 7.19. The predicted molar refractivity (Wildman–Crippen MR) is 160 cm³/mol. The molecule has 0 atom stereocenters. The van der Waals surface area contributed by atoms with Crippen LogP contribution in [0.4, 0.5) is 0 Å². The highest BCUT2D eigenvalue weighted by Crippen LogP contribution is 2.33. The van der Waals surface area contributed by atoms with Crippen molar-refractivity contribution >= 4 is 57.1 Å². The zero-order chi connectivity index (χ0) is 28.1. The molecule has 0 bridgehead atoms. The molecule has 0 fully saturated rings. The van der Waals surface area contributed by atoms with E-state index >= 15 is 0 Å². The molecule has 0 aliphatic heterocycles. The van der Waals surface area contributed by atoms with Crippen LogP contribution in [0.5, 0.6) is 0 Å². The molecule has 13 heteroatoms. The van der Waals surface area contributed by atoms with E-state index in [1.54, 1.807) is 0 Å². The fourth-order valence-corrected chi connectivity index (χ4v) is 34.7. The zero-order valence-electron chi connectivity index (χ0n) is 25.2. The molecule has 35 heavy (non-hydrogen) atoms. The van der Waals surface area contributed by atoms with Gasteiger partial charge in [-0.3, -0.25) is 0 Å². The van der Waals surface area contributed by atoms with Crippen molar-refractivity contribution in [3.05, 3.63) is 12.7 Å². The molecule has 208 valence electrons. The largest absolute Gasteiger partial charge is 0.492 e. The summed E-state index contributed by atoms with van der Waals surface area (Å²) < 4.78 is 39.1. The summed E-state index contributed by atoms with van der Waals surface area (Å²) in [5.41, 5.74) is 0. The number of hydrogen-bond acceptors (Lipinski definition) is 7. The van der Waals surface area contributed by atoms with E-state index in [9.17, 15) is 4.79 Å². The summed E-state index contributed by atoms with van der Waals surface area (Å²) >= 11 is 0. The monoisotopic (exact) mass is 598 g/mol. The zero-order valence-corrected chi connectivity index (χ0v) is 31.2. The van der Waals surface area contributed by atoms with Crippen LogP contribution in [0.2, 0.25) is 84.1 Å². The molecule has 7 nitrogen and oxygen atoms in total. The summed E-state index contributed by atoms with van der Waals surface area (Å²) in [6.07, 6.45) is 1.22. The number of rotatable bonds is 16. The Morgan fingerprint density at radius 2 is 0.943 bits per heavy atom. The molecule has 0 aromatic heterocycles. The topological polar surface area (TPSA) is 72.5 Å². The molecule has 0 aliphatic rings. The van der Waals surface area contributed by atoms with Gasteiger partial charge in [-0.25, -0.2) is 4.79 Å². The molecule has 0 saturated heterocycles. The quantitative estimate of drug-likeness (QED) is 0.137. The Hall–Kier alpha value is 0.311. The lowest BCUT2D eigenvalue weighted by atomic mass is 10.3. The van der Waals surface area contributed by atoms with E-state index < -0.39 is 57.1 Å². The maximum Gasteiger partial charge on any atom is 0.393 e. The van der Waals surface area contributed by atoms with Gasteiger partial charge in [0.05, 0.1) is 0 Å². The maximum atomic E-state index is 12.3. The molecular formula is C22H54O7Si6. The molecule has 0 aromatic carbocycles. The molecule has 0 spiro atoms. The van der Waals surface area contributed by atoms with Crippen molar-refractivity contribution in [2.45, 2.75) is 112 Å². The van der Waals surface area contributed by atoms with Gasteiger partial charge in [-0.1, -0.05) is 34.3 Å². The van der Waals surface area contributed by atoms with Crippen LogP contribution in [0.15, 0.2) is 12.7 Å². The summed E-state index contributed by atoms with van der Waals surface area (Å²) in [7, 11) is -14.9. The first-order valence-electron chi connectivity index (χ1n) is 12.7. The van der Waals surface area contributed by atoms with Crippen LogP contribution in [0.25, 0.3) is 0 Å². The minimum absolute atomic E-state index is 0.322. The van der Waals surface area contributed by atoms with Gasteiger partial charge in [0, 0.05) is 18.2 Å². The smallest absolute Gasteiger partial charge is 0.393 e. The van der Waals surface area contributed by atoms with Crippen LogP contribution in [-0.4, -0.2) is 57.1 Å². The van der Waals surface area contributed by atoms with Gasteiger partial charge in [-0.05, 0) is 83.9 Å². The normalized spacial score (nSPS) is 14.5. The lowest BCUT2D eigenvalue weighted by Crippen LogP contribution is -2.61. The summed E-state index contributed by atoms with van der Waals surface area (Å²) in [5, 5.41) is 0. The highest BCUT2D eigenvalue weighted by Gasteiger charge is 2.51. The Labute approximate surface area is 222 Å². The molecule has 0 unspecified atom stereocenters. The van der Waals surface area contributed by atoms with Crippen molar-refractivity contribution in [1.82, 2.24) is 0 Å². The fraction of sp³-hybridized carbons (Fsp3) is 0.864. The first kappa shape index (κ1) is 35.3. The van der Waals surface area contributed by atoms with Crippen molar-refractivity contribution in [1.29, 1.82) is 0 Å². The number of carbonyl (C=O) groups excluding carboxylic acids is 1. The highest BCUT2D eigenvalue weighted by atomic mass is 28.5. The third-order valence-corrected chi connectivity index (χ3v) is 27.5. The van der Waals surface area contributed by atoms with E-state index in [2.05, 4.69) is 80.1 Å². The van der Waals surface area contributed by atoms with Gasteiger partial charge >= 0.3 is 48.8 Å². The van der Waals surface area contributed by atoms with Crippen molar-refractivity contribution < 1.29 is 29.8 Å². The summed E-state index contributed by atoms with van der Waals surface area (Å²) in [4.78, 5) is 12.3. The molecule has 0 saturated carbocycles. The van der Waals surface area contributed by atoms with Crippen LogP contribution in [-0.2, 0) is 29.8 Å². The Kier molecular flexibility index (Phi) is 13.0. The second kappa shape index (κ2) is 12.9. The average molecular weight is 599 g/mol. The van der Waals surface area contributed by atoms with Crippen molar-refractivity contribution in [3.63, 3.8) is 0 Å². The molecule has 0 rings (SSSR count). The van der Waals surface area contributed by atoms with Gasteiger partial charge in [0.2, 0.25) is 0 Å². The first-order valence-corrected chi connectivity index (χ1v) is 29.6. The second-order valence-corrected chi connectivity index (χ2v) is 35.3. The van der Waals surface area contributed by atoms with Crippen LogP contribution in [0.1, 0.15) is 27.7 Å². The SMILES string of the molecule is C=CC(=O)O[Si](CC(C)C)(CC(C)C)O[Si](C)(C)O[Si](C)(C)O[Si](C)(C)O[Si](C)(C)O[Si](C)(C)C. The Balaban J connectivity index is 5.77. The van der Waals surface area contributed by atoms with E-state index in [1.165, 1.54) is 6.08 Å². The lowest BCUT2D eigenvalue weighted by molar-refractivity contribution is -0.130. The minimum atomic E-state index is -2.91. The molecule has 0 heterocycles. The first-order chi connectivity index (χ1) is 15.3. The molecule has 0 aliphatic carbocycles. The van der Waals surface area contributed by atoms with Crippen molar-refractivity contribution in [3.8, 4) is 0 Å². The summed E-state index contributed by atoms with van der Waals surface area (Å²) in [6, 6.07) is 1.43. The molecule has 0 aromatic rings. The van der Waals surface area contributed by atoms with Gasteiger partial charge in [-0.2, -0.15) is 0 Å². The third kappa shape index (κ3) is 16.0. The average Bonchev–Trinajstić information content (AvgIpc) is 2.45. The molecule has 0 amide bonds. The Morgan fingerprint density at radius 3 is 1.23 bits per heavy atom. The highest BCUT2D eigenvalue weighted by molar-refractivity contribution is 6.91. The molecular weight excluding hydrogens is 545 g/mol.